The van der Waals surface area contributed by atoms with Gasteiger partial charge in [0.05, 0.1) is 18.7 Å². The fourth-order valence-corrected chi connectivity index (χ4v) is 2.20. The van der Waals surface area contributed by atoms with Crippen molar-refractivity contribution in [1.29, 1.82) is 0 Å². The van der Waals surface area contributed by atoms with Gasteiger partial charge in [0, 0.05) is 0 Å². The Morgan fingerprint density at radius 3 is 2.79 bits per heavy atom. The van der Waals surface area contributed by atoms with E-state index in [1.807, 2.05) is 19.0 Å². The Bertz CT molecular complexity index is 327. The van der Waals surface area contributed by atoms with E-state index < -0.39 is 5.97 Å². The molecule has 1 aromatic rings. The van der Waals surface area contributed by atoms with Gasteiger partial charge in [-0.3, -0.25) is 9.69 Å². The maximum absolute atomic E-state index is 10.6. The fourth-order valence-electron chi connectivity index (χ4n) is 1.08. The van der Waals surface area contributed by atoms with Crippen LogP contribution in [0.4, 0.5) is 0 Å². The van der Waals surface area contributed by atoms with E-state index in [1.54, 1.807) is 6.20 Å². The largest absolute Gasteiger partial charge is 0.481 e. The van der Waals surface area contributed by atoms with Gasteiger partial charge in [-0.2, -0.15) is 0 Å². The first-order chi connectivity index (χ1) is 6.50. The van der Waals surface area contributed by atoms with Crippen molar-refractivity contribution in [3.05, 3.63) is 15.5 Å². The molecule has 0 amide bonds. The third-order valence-electron chi connectivity index (χ3n) is 1.77. The Balaban J connectivity index is 2.82. The highest BCUT2D eigenvalue weighted by molar-refractivity contribution is 7.15. The van der Waals surface area contributed by atoms with E-state index in [4.69, 9.17) is 16.7 Å². The van der Waals surface area contributed by atoms with Gasteiger partial charge in [-0.05, 0) is 14.1 Å². The Morgan fingerprint density at radius 1 is 1.79 bits per heavy atom. The minimum Gasteiger partial charge on any atom is -0.481 e. The van der Waals surface area contributed by atoms with E-state index in [2.05, 4.69) is 4.98 Å². The molecule has 1 unspecified atom stereocenters. The number of thiazole rings is 1. The molecule has 0 aromatic carbocycles. The van der Waals surface area contributed by atoms with Crippen LogP contribution in [-0.4, -0.2) is 35.1 Å². The lowest BCUT2D eigenvalue weighted by molar-refractivity contribution is -0.138. The SMILES string of the molecule is CN(C)C(CC(=O)O)c1ncc(Cl)s1. The van der Waals surface area contributed by atoms with Crippen LogP contribution in [0, 0.1) is 0 Å². The Morgan fingerprint density at radius 2 is 2.43 bits per heavy atom. The lowest BCUT2D eigenvalue weighted by atomic mass is 10.2. The van der Waals surface area contributed by atoms with Crippen molar-refractivity contribution in [2.24, 2.45) is 0 Å². The summed E-state index contributed by atoms with van der Waals surface area (Å²) in [6.45, 7) is 0. The summed E-state index contributed by atoms with van der Waals surface area (Å²) in [4.78, 5) is 16.5. The molecule has 0 aliphatic carbocycles. The van der Waals surface area contributed by atoms with Crippen molar-refractivity contribution in [3.8, 4) is 0 Å². The zero-order valence-corrected chi connectivity index (χ0v) is 9.47. The lowest BCUT2D eigenvalue weighted by Gasteiger charge is -2.19. The number of nitrogens with zero attached hydrogens (tertiary/aromatic N) is 2. The third kappa shape index (κ3) is 2.94. The smallest absolute Gasteiger partial charge is 0.305 e. The number of aliphatic carboxylic acids is 1. The van der Waals surface area contributed by atoms with E-state index in [-0.39, 0.29) is 12.5 Å². The van der Waals surface area contributed by atoms with Gasteiger partial charge in [0.1, 0.15) is 9.34 Å². The maximum Gasteiger partial charge on any atom is 0.305 e. The minimum absolute atomic E-state index is 0.0385. The summed E-state index contributed by atoms with van der Waals surface area (Å²) in [5.41, 5.74) is 0. The van der Waals surface area contributed by atoms with E-state index in [1.165, 1.54) is 11.3 Å². The van der Waals surface area contributed by atoms with Crippen LogP contribution in [0.3, 0.4) is 0 Å². The van der Waals surface area contributed by atoms with Crippen molar-refractivity contribution >= 4 is 28.9 Å². The summed E-state index contributed by atoms with van der Waals surface area (Å²) >= 11 is 7.05. The number of rotatable bonds is 4. The normalized spacial score (nSPS) is 13.1. The number of carboxylic acid groups (broad SMARTS) is 1. The second-order valence-corrected chi connectivity index (χ2v) is 4.77. The van der Waals surface area contributed by atoms with E-state index in [0.717, 1.165) is 5.01 Å². The van der Waals surface area contributed by atoms with Crippen LogP contribution in [-0.2, 0) is 4.79 Å². The summed E-state index contributed by atoms with van der Waals surface area (Å²) in [7, 11) is 3.64. The number of hydrogen-bond acceptors (Lipinski definition) is 4. The highest BCUT2D eigenvalue weighted by Crippen LogP contribution is 2.28. The predicted molar refractivity (Wildman–Crippen MR) is 55.8 cm³/mol. The summed E-state index contributed by atoms with van der Waals surface area (Å²) in [5.74, 6) is -0.838. The van der Waals surface area contributed by atoms with Crippen LogP contribution in [0.5, 0.6) is 0 Å². The van der Waals surface area contributed by atoms with Gasteiger partial charge in [-0.1, -0.05) is 11.6 Å². The average Bonchev–Trinajstić information content (AvgIpc) is 2.46. The number of aromatic nitrogens is 1. The monoisotopic (exact) mass is 234 g/mol. The quantitative estimate of drug-likeness (QED) is 0.864. The molecular formula is C8H11ClN2O2S. The highest BCUT2D eigenvalue weighted by atomic mass is 35.5. The molecule has 1 atom stereocenters. The van der Waals surface area contributed by atoms with Gasteiger partial charge in [0.15, 0.2) is 0 Å². The number of carboxylic acids is 1. The molecule has 0 saturated heterocycles. The molecule has 0 aliphatic rings. The molecule has 0 saturated carbocycles. The summed E-state index contributed by atoms with van der Waals surface area (Å²) < 4.78 is 0.581. The second kappa shape index (κ2) is 4.72. The highest BCUT2D eigenvalue weighted by Gasteiger charge is 2.20. The van der Waals surface area contributed by atoms with Crippen LogP contribution in [0.1, 0.15) is 17.5 Å². The molecule has 78 valence electrons. The van der Waals surface area contributed by atoms with Crippen LogP contribution >= 0.6 is 22.9 Å². The van der Waals surface area contributed by atoms with Gasteiger partial charge in [0.2, 0.25) is 0 Å². The summed E-state index contributed by atoms with van der Waals surface area (Å²) in [6.07, 6.45) is 1.58. The van der Waals surface area contributed by atoms with Crippen molar-refractivity contribution in [2.45, 2.75) is 12.5 Å². The van der Waals surface area contributed by atoms with Crippen molar-refractivity contribution in [1.82, 2.24) is 9.88 Å². The van der Waals surface area contributed by atoms with Crippen LogP contribution < -0.4 is 0 Å². The standard InChI is InChI=1S/C8H11ClN2O2S/c1-11(2)5(3-7(12)13)8-10-4-6(9)14-8/h4-5H,3H2,1-2H3,(H,12,13). The van der Waals surface area contributed by atoms with Crippen molar-refractivity contribution in [2.75, 3.05) is 14.1 Å². The molecule has 1 aromatic heterocycles. The molecule has 1 N–H and O–H groups in total. The first kappa shape index (κ1) is 11.4. The number of halogens is 1. The van der Waals surface area contributed by atoms with Gasteiger partial charge in [-0.25, -0.2) is 4.98 Å². The minimum atomic E-state index is -0.838. The summed E-state index contributed by atoms with van der Waals surface area (Å²) in [6, 6.07) is -0.204. The molecule has 1 rings (SSSR count). The Kier molecular flexibility index (Phi) is 3.86. The fraction of sp³-hybridized carbons (Fsp3) is 0.500. The number of hydrogen-bond donors (Lipinski definition) is 1. The van der Waals surface area contributed by atoms with Gasteiger partial charge in [0.25, 0.3) is 0 Å². The van der Waals surface area contributed by atoms with Gasteiger partial charge < -0.3 is 5.11 Å². The average molecular weight is 235 g/mol. The first-order valence-corrected chi connectivity index (χ1v) is 5.19. The van der Waals surface area contributed by atoms with Crippen molar-refractivity contribution in [3.63, 3.8) is 0 Å². The zero-order valence-electron chi connectivity index (χ0n) is 7.90. The lowest BCUT2D eigenvalue weighted by Crippen LogP contribution is -2.22. The molecule has 6 heteroatoms. The van der Waals surface area contributed by atoms with E-state index in [0.29, 0.717) is 4.34 Å². The second-order valence-electron chi connectivity index (χ2n) is 3.08. The topological polar surface area (TPSA) is 53.4 Å². The van der Waals surface area contributed by atoms with E-state index in [9.17, 15) is 4.79 Å². The van der Waals surface area contributed by atoms with Gasteiger partial charge in [-0.15, -0.1) is 11.3 Å². The van der Waals surface area contributed by atoms with Crippen molar-refractivity contribution < 1.29 is 9.90 Å². The van der Waals surface area contributed by atoms with Crippen LogP contribution in [0.15, 0.2) is 6.20 Å². The van der Waals surface area contributed by atoms with Crippen LogP contribution in [0.2, 0.25) is 4.34 Å². The van der Waals surface area contributed by atoms with E-state index >= 15 is 0 Å². The predicted octanol–water partition coefficient (Wildman–Crippen LogP) is 1.87. The Hall–Kier alpha value is -0.650. The molecule has 4 nitrogen and oxygen atoms in total. The molecule has 14 heavy (non-hydrogen) atoms. The van der Waals surface area contributed by atoms with Crippen LogP contribution in [0.25, 0.3) is 0 Å². The molecule has 0 fully saturated rings. The Labute approximate surface area is 91.1 Å². The maximum atomic E-state index is 10.6. The molecule has 0 spiro atoms. The molecule has 0 bridgehead atoms. The first-order valence-electron chi connectivity index (χ1n) is 4.00. The molecule has 0 radical (unpaired) electrons. The third-order valence-corrected chi connectivity index (χ3v) is 2.99. The summed E-state index contributed by atoms with van der Waals surface area (Å²) in [5, 5.41) is 9.46. The van der Waals surface area contributed by atoms with Gasteiger partial charge >= 0.3 is 5.97 Å². The number of carbonyl (C=O) groups is 1. The zero-order chi connectivity index (χ0) is 10.7. The molecule has 1 heterocycles. The molecular weight excluding hydrogens is 224 g/mol. The molecule has 0 aliphatic heterocycles.